The summed E-state index contributed by atoms with van der Waals surface area (Å²) in [6, 6.07) is 3.74. The maximum absolute atomic E-state index is 13.8. The van der Waals surface area contributed by atoms with Crippen molar-refractivity contribution in [2.24, 2.45) is 5.92 Å². The first-order valence-electron chi connectivity index (χ1n) is 13.2. The molecule has 1 aromatic carbocycles. The van der Waals surface area contributed by atoms with Crippen LogP contribution in [0.1, 0.15) is 30.7 Å². The van der Waals surface area contributed by atoms with Crippen LogP contribution in [0.2, 0.25) is 0 Å². The van der Waals surface area contributed by atoms with Gasteiger partial charge in [-0.25, -0.2) is 27.2 Å². The van der Waals surface area contributed by atoms with Crippen LogP contribution in [0.4, 0.5) is 20.5 Å². The standard InChI is InChI=1S/C27H26F2N6O4S2/c1-11-20(25-34-21-12(2)30-8-7-19(21)40-25)24(35-26(31-11)32-13-3-4-13)33-18-10-15-23(27(15,37)22(18)36)41(38,39)14-5-6-16(28)17(29)9-14/h5-9,13,15,18,22-23,36-37H,3-4,10H2,1-2H3,(H2,31,32,33,35)/t15-,18-,22+,23?,27-/m1/s1. The van der Waals surface area contributed by atoms with E-state index >= 15 is 0 Å². The lowest BCUT2D eigenvalue weighted by atomic mass is 10.1. The van der Waals surface area contributed by atoms with Crippen molar-refractivity contribution in [1.82, 2.24) is 19.9 Å². The van der Waals surface area contributed by atoms with E-state index in [1.165, 1.54) is 11.3 Å². The lowest BCUT2D eigenvalue weighted by molar-refractivity contribution is 0.00552. The molecule has 3 aliphatic carbocycles. The maximum Gasteiger partial charge on any atom is 0.225 e. The van der Waals surface area contributed by atoms with Crippen molar-refractivity contribution in [3.63, 3.8) is 0 Å². The number of fused-ring (bicyclic) bond motifs is 2. The molecule has 0 spiro atoms. The van der Waals surface area contributed by atoms with Crippen molar-refractivity contribution in [2.75, 3.05) is 10.6 Å². The number of aromatic nitrogens is 4. The van der Waals surface area contributed by atoms with Gasteiger partial charge in [0.2, 0.25) is 5.95 Å². The fraction of sp³-hybridized carbons (Fsp3) is 0.407. The molecular weight excluding hydrogens is 574 g/mol. The van der Waals surface area contributed by atoms with Crippen molar-refractivity contribution in [3.05, 3.63) is 53.5 Å². The Bertz CT molecular complexity index is 1830. The number of hydrogen-bond acceptors (Lipinski definition) is 11. The molecule has 41 heavy (non-hydrogen) atoms. The number of nitrogens with one attached hydrogen (secondary N) is 2. The summed E-state index contributed by atoms with van der Waals surface area (Å²) < 4.78 is 54.6. The summed E-state index contributed by atoms with van der Waals surface area (Å²) in [6.07, 6.45) is 2.39. The number of aliphatic hydroxyl groups is 2. The number of hydrogen-bond donors (Lipinski definition) is 4. The summed E-state index contributed by atoms with van der Waals surface area (Å²) in [6.45, 7) is 3.72. The minimum absolute atomic E-state index is 0.113. The van der Waals surface area contributed by atoms with Gasteiger partial charge in [-0.3, -0.25) is 4.98 Å². The predicted octanol–water partition coefficient (Wildman–Crippen LogP) is 3.37. The third-order valence-corrected chi connectivity index (χ3v) is 11.6. The monoisotopic (exact) mass is 600 g/mol. The zero-order valence-electron chi connectivity index (χ0n) is 22.0. The zero-order chi connectivity index (χ0) is 28.8. The van der Waals surface area contributed by atoms with Gasteiger partial charge in [0, 0.05) is 18.2 Å². The van der Waals surface area contributed by atoms with Gasteiger partial charge in [0.25, 0.3) is 0 Å². The second kappa shape index (κ2) is 9.08. The van der Waals surface area contributed by atoms with E-state index in [1.54, 1.807) is 6.20 Å². The molecule has 214 valence electrons. The van der Waals surface area contributed by atoms with E-state index in [2.05, 4.69) is 20.6 Å². The van der Waals surface area contributed by atoms with Crippen LogP contribution in [0.3, 0.4) is 0 Å². The molecule has 0 amide bonds. The molecule has 3 heterocycles. The van der Waals surface area contributed by atoms with E-state index in [0.717, 1.165) is 40.9 Å². The average molecular weight is 601 g/mol. The topological polar surface area (TPSA) is 150 Å². The summed E-state index contributed by atoms with van der Waals surface area (Å²) in [7, 11) is -4.24. The van der Waals surface area contributed by atoms with Crippen molar-refractivity contribution in [2.45, 2.75) is 67.0 Å². The molecule has 3 fully saturated rings. The Balaban J connectivity index is 1.21. The average Bonchev–Trinajstić information content (AvgIpc) is 3.76. The van der Waals surface area contributed by atoms with Crippen LogP contribution < -0.4 is 10.6 Å². The molecule has 4 aromatic rings. The van der Waals surface area contributed by atoms with Crippen molar-refractivity contribution in [3.8, 4) is 10.6 Å². The van der Waals surface area contributed by atoms with E-state index in [9.17, 15) is 27.4 Å². The van der Waals surface area contributed by atoms with Crippen LogP contribution in [0.15, 0.2) is 35.4 Å². The molecule has 4 N–H and O–H groups in total. The molecule has 0 bridgehead atoms. The number of sulfone groups is 1. The molecule has 0 aliphatic heterocycles. The Morgan fingerprint density at radius 3 is 2.49 bits per heavy atom. The number of halogens is 2. The van der Waals surface area contributed by atoms with Gasteiger partial charge in [-0.2, -0.15) is 4.98 Å². The van der Waals surface area contributed by atoms with Crippen LogP contribution in [0.5, 0.6) is 0 Å². The van der Waals surface area contributed by atoms with Crippen molar-refractivity contribution in [1.29, 1.82) is 0 Å². The number of rotatable bonds is 7. The Hall–Kier alpha value is -3.33. The van der Waals surface area contributed by atoms with Crippen LogP contribution in [0, 0.1) is 31.4 Å². The summed E-state index contributed by atoms with van der Waals surface area (Å²) in [5.74, 6) is -2.45. The van der Waals surface area contributed by atoms with Crippen LogP contribution in [0.25, 0.3) is 20.8 Å². The van der Waals surface area contributed by atoms with Gasteiger partial charge >= 0.3 is 0 Å². The number of pyridine rings is 1. The Morgan fingerprint density at radius 2 is 1.83 bits per heavy atom. The van der Waals surface area contributed by atoms with E-state index in [0.29, 0.717) is 34.1 Å². The Labute approximate surface area is 237 Å². The highest BCUT2D eigenvalue weighted by Crippen LogP contribution is 2.61. The SMILES string of the molecule is Cc1nc(NC2CC2)nc(N[C@@H]2C[C@@H]3C(S(=O)(=O)c4ccc(F)c(F)c4)[C@]3(O)[C@H]2O)c1-c1nc2c(C)nccc2s1. The highest BCUT2D eigenvalue weighted by atomic mass is 32.2. The van der Waals surface area contributed by atoms with Gasteiger partial charge in [0.1, 0.15) is 33.3 Å². The fourth-order valence-electron chi connectivity index (χ4n) is 5.93. The first kappa shape index (κ1) is 26.6. The van der Waals surface area contributed by atoms with Gasteiger partial charge in [-0.15, -0.1) is 11.3 Å². The molecule has 10 nitrogen and oxygen atoms in total. The third-order valence-electron chi connectivity index (χ3n) is 8.25. The van der Waals surface area contributed by atoms with Gasteiger partial charge in [-0.05, 0) is 57.4 Å². The Kier molecular flexibility index (Phi) is 5.88. The van der Waals surface area contributed by atoms with E-state index in [4.69, 9.17) is 9.97 Å². The molecule has 5 atom stereocenters. The summed E-state index contributed by atoms with van der Waals surface area (Å²) >= 11 is 1.46. The van der Waals surface area contributed by atoms with Crippen LogP contribution in [-0.4, -0.2) is 67.6 Å². The molecular formula is C27H26F2N6O4S2. The molecule has 14 heteroatoms. The summed E-state index contributed by atoms with van der Waals surface area (Å²) in [4.78, 5) is 18.0. The smallest absolute Gasteiger partial charge is 0.225 e. The van der Waals surface area contributed by atoms with E-state index < -0.39 is 55.3 Å². The van der Waals surface area contributed by atoms with Gasteiger partial charge in [-0.1, -0.05) is 0 Å². The number of anilines is 2. The number of aryl methyl sites for hydroxylation is 2. The fourth-order valence-corrected chi connectivity index (χ4v) is 9.36. The first-order chi connectivity index (χ1) is 19.5. The van der Waals surface area contributed by atoms with Gasteiger partial charge < -0.3 is 20.8 Å². The quantitative estimate of drug-likeness (QED) is 0.233. The van der Waals surface area contributed by atoms with Gasteiger partial charge in [0.15, 0.2) is 21.5 Å². The normalized spacial score (nSPS) is 27.2. The third kappa shape index (κ3) is 4.18. The minimum Gasteiger partial charge on any atom is -0.388 e. The largest absolute Gasteiger partial charge is 0.388 e. The second-order valence-electron chi connectivity index (χ2n) is 11.0. The number of nitrogens with zero attached hydrogens (tertiary/aromatic N) is 4. The highest BCUT2D eigenvalue weighted by Gasteiger charge is 2.78. The molecule has 7 rings (SSSR count). The van der Waals surface area contributed by atoms with Gasteiger partial charge in [0.05, 0.1) is 32.6 Å². The van der Waals surface area contributed by atoms with Crippen molar-refractivity contribution < 1.29 is 27.4 Å². The lowest BCUT2D eigenvalue weighted by Gasteiger charge is -2.26. The second-order valence-corrected chi connectivity index (χ2v) is 14.1. The minimum atomic E-state index is -4.24. The molecule has 1 unspecified atom stereocenters. The summed E-state index contributed by atoms with van der Waals surface area (Å²) in [5.41, 5.74) is 0.895. The predicted molar refractivity (Wildman–Crippen MR) is 148 cm³/mol. The molecule has 0 radical (unpaired) electrons. The van der Waals surface area contributed by atoms with E-state index in [1.807, 2.05) is 19.9 Å². The number of aliphatic hydroxyl groups excluding tert-OH is 1. The molecule has 0 saturated heterocycles. The van der Waals surface area contributed by atoms with Crippen LogP contribution in [-0.2, 0) is 9.84 Å². The molecule has 3 aliphatic rings. The van der Waals surface area contributed by atoms with E-state index in [-0.39, 0.29) is 12.5 Å². The zero-order valence-corrected chi connectivity index (χ0v) is 23.6. The lowest BCUT2D eigenvalue weighted by Crippen LogP contribution is -2.43. The Morgan fingerprint density at radius 1 is 1.05 bits per heavy atom. The molecule has 3 saturated carbocycles. The highest BCUT2D eigenvalue weighted by molar-refractivity contribution is 7.92. The first-order valence-corrected chi connectivity index (χ1v) is 15.6. The maximum atomic E-state index is 13.8. The van der Waals surface area contributed by atoms with Crippen LogP contribution >= 0.6 is 11.3 Å². The molecule has 3 aromatic heterocycles. The number of thiazole rings is 1. The number of benzene rings is 1. The van der Waals surface area contributed by atoms with Crippen molar-refractivity contribution >= 4 is 43.2 Å². The summed E-state index contributed by atoms with van der Waals surface area (Å²) in [5, 5.41) is 28.4.